The third kappa shape index (κ3) is 5.00. The van der Waals surface area contributed by atoms with Crippen LogP contribution in [0.4, 0.5) is 18.9 Å². The van der Waals surface area contributed by atoms with Crippen molar-refractivity contribution in [3.05, 3.63) is 89.7 Å². The van der Waals surface area contributed by atoms with Crippen LogP contribution in [0.3, 0.4) is 0 Å². The van der Waals surface area contributed by atoms with Gasteiger partial charge in [-0.3, -0.25) is 4.79 Å². The van der Waals surface area contributed by atoms with Crippen molar-refractivity contribution in [1.82, 2.24) is 5.32 Å². The van der Waals surface area contributed by atoms with Gasteiger partial charge in [-0.25, -0.2) is 13.2 Å². The van der Waals surface area contributed by atoms with Crippen molar-refractivity contribution in [2.45, 2.75) is 12.8 Å². The molecule has 0 fully saturated rings. The third-order valence-electron chi connectivity index (χ3n) is 4.39. The molecule has 1 atom stereocenters. The average Bonchev–Trinajstić information content (AvgIpc) is 2.70. The van der Waals surface area contributed by atoms with E-state index in [1.165, 1.54) is 12.1 Å². The predicted octanol–water partition coefficient (Wildman–Crippen LogP) is 5.39. The van der Waals surface area contributed by atoms with Gasteiger partial charge in [0, 0.05) is 11.6 Å². The Balaban J connectivity index is 1.68. The lowest BCUT2D eigenvalue weighted by atomic mass is 9.96. The molecule has 0 aliphatic heterocycles. The number of thiocarbonyl (C=S) groups is 1. The van der Waals surface area contributed by atoms with E-state index in [0.29, 0.717) is 17.2 Å². The first-order chi connectivity index (χ1) is 13.8. The predicted molar refractivity (Wildman–Crippen MR) is 111 cm³/mol. The molecule has 0 aliphatic carbocycles. The average molecular weight is 414 g/mol. The van der Waals surface area contributed by atoms with Gasteiger partial charge in [-0.15, -0.1) is 0 Å². The molecule has 3 aromatic rings. The number of rotatable bonds is 4. The molecule has 3 aromatic carbocycles. The first-order valence-corrected chi connectivity index (χ1v) is 9.17. The molecule has 29 heavy (non-hydrogen) atoms. The first-order valence-electron chi connectivity index (χ1n) is 8.77. The topological polar surface area (TPSA) is 41.1 Å². The fraction of sp³-hybridized carbons (Fsp3) is 0.0909. The van der Waals surface area contributed by atoms with Gasteiger partial charge in [-0.1, -0.05) is 42.5 Å². The third-order valence-corrected chi connectivity index (χ3v) is 4.59. The van der Waals surface area contributed by atoms with E-state index >= 15 is 0 Å². The first kappa shape index (κ1) is 20.5. The van der Waals surface area contributed by atoms with E-state index in [4.69, 9.17) is 12.2 Å². The van der Waals surface area contributed by atoms with E-state index in [1.54, 1.807) is 31.2 Å². The molecule has 0 bridgehead atoms. The lowest BCUT2D eigenvalue weighted by Crippen LogP contribution is -2.37. The highest BCUT2D eigenvalue weighted by Gasteiger charge is 2.19. The van der Waals surface area contributed by atoms with E-state index in [0.717, 1.165) is 11.6 Å². The normalized spacial score (nSPS) is 11.6. The summed E-state index contributed by atoms with van der Waals surface area (Å²) < 4.78 is 41.2. The Labute approximate surface area is 171 Å². The van der Waals surface area contributed by atoms with Crippen LogP contribution in [0.25, 0.3) is 11.1 Å². The van der Waals surface area contributed by atoms with Gasteiger partial charge in [0.05, 0.1) is 11.6 Å². The van der Waals surface area contributed by atoms with E-state index in [1.807, 2.05) is 18.2 Å². The van der Waals surface area contributed by atoms with Crippen molar-refractivity contribution in [2.24, 2.45) is 0 Å². The molecule has 1 amide bonds. The lowest BCUT2D eigenvalue weighted by molar-refractivity contribution is -0.120. The molecule has 1 unspecified atom stereocenters. The minimum absolute atomic E-state index is 0.0670. The number of halogens is 3. The molecular weight excluding hydrogens is 397 g/mol. The molecule has 3 nitrogen and oxygen atoms in total. The quantitative estimate of drug-likeness (QED) is 0.563. The number of benzene rings is 3. The summed E-state index contributed by atoms with van der Waals surface area (Å²) in [6, 6.07) is 16.6. The van der Waals surface area contributed by atoms with E-state index in [-0.39, 0.29) is 10.8 Å². The Morgan fingerprint density at radius 2 is 1.66 bits per heavy atom. The Bertz CT molecular complexity index is 1060. The maximum absolute atomic E-state index is 14.5. The van der Waals surface area contributed by atoms with Crippen LogP contribution in [0.2, 0.25) is 0 Å². The Morgan fingerprint density at radius 3 is 2.31 bits per heavy atom. The second-order valence-corrected chi connectivity index (χ2v) is 6.80. The summed E-state index contributed by atoms with van der Waals surface area (Å²) in [5, 5.41) is 4.79. The van der Waals surface area contributed by atoms with Crippen LogP contribution >= 0.6 is 12.2 Å². The molecule has 148 valence electrons. The smallest absolute Gasteiger partial charge is 0.233 e. The number of carbonyl (C=O) groups is 1. The van der Waals surface area contributed by atoms with Gasteiger partial charge in [0.2, 0.25) is 5.91 Å². The van der Waals surface area contributed by atoms with Crippen LogP contribution in [0.5, 0.6) is 0 Å². The molecule has 7 heteroatoms. The molecule has 0 radical (unpaired) electrons. The van der Waals surface area contributed by atoms with Crippen molar-refractivity contribution in [3.8, 4) is 11.1 Å². The van der Waals surface area contributed by atoms with Crippen LogP contribution < -0.4 is 10.6 Å². The highest BCUT2D eigenvalue weighted by molar-refractivity contribution is 7.80. The number of anilines is 1. The van der Waals surface area contributed by atoms with Crippen LogP contribution in [-0.2, 0) is 4.79 Å². The minimum Gasteiger partial charge on any atom is -0.330 e. The number of hydrogen-bond acceptors (Lipinski definition) is 2. The van der Waals surface area contributed by atoms with Gasteiger partial charge < -0.3 is 10.6 Å². The molecule has 0 heterocycles. The summed E-state index contributed by atoms with van der Waals surface area (Å²) >= 11 is 5.01. The molecule has 3 rings (SSSR count). The zero-order valence-electron chi connectivity index (χ0n) is 15.4. The molecule has 0 saturated carbocycles. The van der Waals surface area contributed by atoms with Gasteiger partial charge in [0.25, 0.3) is 0 Å². The molecular formula is C22H17F3N2OS. The van der Waals surface area contributed by atoms with Gasteiger partial charge in [-0.05, 0) is 48.5 Å². The van der Waals surface area contributed by atoms with Gasteiger partial charge >= 0.3 is 0 Å². The molecule has 0 spiro atoms. The van der Waals surface area contributed by atoms with Crippen LogP contribution in [0.15, 0.2) is 66.7 Å². The fourth-order valence-electron chi connectivity index (χ4n) is 2.77. The summed E-state index contributed by atoms with van der Waals surface area (Å²) in [6.45, 7) is 1.60. The monoisotopic (exact) mass is 414 g/mol. The fourth-order valence-corrected chi connectivity index (χ4v) is 2.98. The number of amides is 1. The van der Waals surface area contributed by atoms with Crippen molar-refractivity contribution >= 4 is 28.9 Å². The lowest BCUT2D eigenvalue weighted by Gasteiger charge is -2.15. The number of carbonyl (C=O) groups excluding carboxylic acids is 1. The Morgan fingerprint density at radius 1 is 0.931 bits per heavy atom. The van der Waals surface area contributed by atoms with E-state index in [2.05, 4.69) is 10.6 Å². The standard InChI is InChI=1S/C22H17F3N2OS/c1-13(15-7-9-17(18(24)11-15)14-5-3-2-4-6-14)21(28)27-22(29)26-20-10-8-16(23)12-19(20)25/h2-13H,1H3,(H2,26,27,28,29). The Kier molecular flexibility index (Phi) is 6.29. The zero-order valence-corrected chi connectivity index (χ0v) is 16.2. The van der Waals surface area contributed by atoms with Crippen LogP contribution in [0.1, 0.15) is 18.4 Å². The van der Waals surface area contributed by atoms with Gasteiger partial charge in [0.15, 0.2) is 5.11 Å². The van der Waals surface area contributed by atoms with Gasteiger partial charge in [0.1, 0.15) is 17.5 Å². The summed E-state index contributed by atoms with van der Waals surface area (Å²) in [5.41, 5.74) is 1.57. The summed E-state index contributed by atoms with van der Waals surface area (Å²) in [5.74, 6) is -3.20. The summed E-state index contributed by atoms with van der Waals surface area (Å²) in [6.07, 6.45) is 0. The highest BCUT2D eigenvalue weighted by Crippen LogP contribution is 2.26. The van der Waals surface area contributed by atoms with Crippen LogP contribution in [0, 0.1) is 17.5 Å². The molecule has 0 saturated heterocycles. The highest BCUT2D eigenvalue weighted by atomic mass is 32.1. The second-order valence-electron chi connectivity index (χ2n) is 6.39. The van der Waals surface area contributed by atoms with Crippen molar-refractivity contribution in [3.63, 3.8) is 0 Å². The van der Waals surface area contributed by atoms with E-state index in [9.17, 15) is 18.0 Å². The zero-order chi connectivity index (χ0) is 21.0. The molecule has 0 aliphatic rings. The maximum atomic E-state index is 14.5. The second kappa shape index (κ2) is 8.87. The largest absolute Gasteiger partial charge is 0.330 e. The SMILES string of the molecule is CC(C(=O)NC(=S)Nc1ccc(F)cc1F)c1ccc(-c2ccccc2)c(F)c1. The van der Waals surface area contributed by atoms with Crippen molar-refractivity contribution in [2.75, 3.05) is 5.32 Å². The van der Waals surface area contributed by atoms with E-state index < -0.39 is 29.3 Å². The summed E-state index contributed by atoms with van der Waals surface area (Å²) in [7, 11) is 0. The molecule has 0 aromatic heterocycles. The Hall–Kier alpha value is -3.19. The van der Waals surface area contributed by atoms with Crippen LogP contribution in [-0.4, -0.2) is 11.0 Å². The number of hydrogen-bond donors (Lipinski definition) is 2. The maximum Gasteiger partial charge on any atom is 0.233 e. The van der Waals surface area contributed by atoms with Crippen molar-refractivity contribution in [1.29, 1.82) is 0 Å². The molecule has 2 N–H and O–H groups in total. The minimum atomic E-state index is -0.840. The van der Waals surface area contributed by atoms with Crippen molar-refractivity contribution < 1.29 is 18.0 Å². The summed E-state index contributed by atoms with van der Waals surface area (Å²) in [4.78, 5) is 12.4. The number of nitrogens with one attached hydrogen (secondary N) is 2. The van der Waals surface area contributed by atoms with Gasteiger partial charge in [-0.2, -0.15) is 0 Å².